The number of rotatable bonds is 4. The Kier molecular flexibility index (Phi) is 5.77. The van der Waals surface area contributed by atoms with Crippen molar-refractivity contribution in [1.82, 2.24) is 0 Å². The molecule has 1 amide bonds. The number of carbonyl (C=O) groups excluding carboxylic acids is 2. The van der Waals surface area contributed by atoms with Crippen LogP contribution in [-0.4, -0.2) is 17.6 Å². The Bertz CT molecular complexity index is 1560. The number of anilines is 1. The van der Waals surface area contributed by atoms with Crippen molar-refractivity contribution in [3.63, 3.8) is 0 Å². The zero-order valence-electron chi connectivity index (χ0n) is 20.9. The van der Waals surface area contributed by atoms with E-state index in [0.29, 0.717) is 29.5 Å². The molecule has 5 rings (SSSR count). The monoisotopic (exact) mass is 526 g/mol. The number of alkyl halides is 3. The molecule has 0 saturated heterocycles. The molecule has 2 aliphatic rings. The Balaban J connectivity index is 1.41. The first-order chi connectivity index (χ1) is 17.8. The van der Waals surface area contributed by atoms with Crippen LogP contribution in [0.2, 0.25) is 0 Å². The summed E-state index contributed by atoms with van der Waals surface area (Å²) in [7, 11) is 0. The van der Waals surface area contributed by atoms with Gasteiger partial charge in [0, 0.05) is 22.9 Å². The van der Waals surface area contributed by atoms with E-state index in [2.05, 4.69) is 10.5 Å². The molecule has 38 heavy (non-hydrogen) atoms. The number of nitrogens with zero attached hydrogens (tertiary/aromatic N) is 1. The SMILES string of the molecule is CC12CCC(C(=O)Nc3cccc(C(F)(F)F)c3)(CC1=NOC(=O)c1cc3ccccc3oc1=O)C2(C)C. The van der Waals surface area contributed by atoms with Gasteiger partial charge in [0.25, 0.3) is 0 Å². The summed E-state index contributed by atoms with van der Waals surface area (Å²) < 4.78 is 44.7. The van der Waals surface area contributed by atoms with Gasteiger partial charge in [-0.25, -0.2) is 9.59 Å². The van der Waals surface area contributed by atoms with Crippen LogP contribution in [0.4, 0.5) is 18.9 Å². The van der Waals surface area contributed by atoms with Crippen LogP contribution in [0, 0.1) is 16.2 Å². The molecule has 3 aromatic rings. The predicted octanol–water partition coefficient (Wildman–Crippen LogP) is 6.18. The predicted molar refractivity (Wildman–Crippen MR) is 134 cm³/mol. The molecule has 2 saturated carbocycles. The topological polar surface area (TPSA) is 98.0 Å². The molecule has 2 atom stereocenters. The summed E-state index contributed by atoms with van der Waals surface area (Å²) in [5, 5.41) is 7.32. The van der Waals surface area contributed by atoms with Gasteiger partial charge in [0.2, 0.25) is 5.91 Å². The molecule has 1 N–H and O–H groups in total. The average molecular weight is 527 g/mol. The molecule has 2 bridgehead atoms. The number of carbonyl (C=O) groups is 2. The molecule has 0 aliphatic heterocycles. The lowest BCUT2D eigenvalue weighted by molar-refractivity contribution is -0.137. The lowest BCUT2D eigenvalue weighted by atomic mass is 9.64. The molecule has 7 nitrogen and oxygen atoms in total. The van der Waals surface area contributed by atoms with Crippen molar-refractivity contribution in [3.05, 3.63) is 76.1 Å². The Morgan fingerprint density at radius 2 is 1.76 bits per heavy atom. The molecule has 198 valence electrons. The highest BCUT2D eigenvalue weighted by Crippen LogP contribution is 2.71. The second-order valence-electron chi connectivity index (χ2n) is 10.7. The van der Waals surface area contributed by atoms with Crippen molar-refractivity contribution >= 4 is 34.2 Å². The number of oxime groups is 1. The zero-order valence-corrected chi connectivity index (χ0v) is 20.9. The molecule has 1 aromatic heterocycles. The Morgan fingerprint density at radius 3 is 2.50 bits per heavy atom. The van der Waals surface area contributed by atoms with E-state index >= 15 is 0 Å². The summed E-state index contributed by atoms with van der Waals surface area (Å²) in [6, 6.07) is 12.6. The van der Waals surface area contributed by atoms with Gasteiger partial charge in [-0.05, 0) is 48.6 Å². The molecule has 0 radical (unpaired) electrons. The summed E-state index contributed by atoms with van der Waals surface area (Å²) >= 11 is 0. The Hall–Kier alpha value is -3.95. The summed E-state index contributed by atoms with van der Waals surface area (Å²) in [4.78, 5) is 43.8. The van der Waals surface area contributed by atoms with Gasteiger partial charge in [0.05, 0.1) is 16.7 Å². The van der Waals surface area contributed by atoms with Gasteiger partial charge in [-0.3, -0.25) is 4.79 Å². The molecule has 2 aromatic carbocycles. The smallest absolute Gasteiger partial charge is 0.416 e. The maximum absolute atomic E-state index is 13.6. The highest BCUT2D eigenvalue weighted by atomic mass is 19.4. The molecule has 0 spiro atoms. The summed E-state index contributed by atoms with van der Waals surface area (Å²) in [5.41, 5.74) is -3.43. The summed E-state index contributed by atoms with van der Waals surface area (Å²) in [6.07, 6.45) is -3.34. The lowest BCUT2D eigenvalue weighted by Gasteiger charge is -2.39. The van der Waals surface area contributed by atoms with Crippen LogP contribution in [0.15, 0.2) is 69.0 Å². The van der Waals surface area contributed by atoms with E-state index in [1.165, 1.54) is 18.2 Å². The third-order valence-corrected chi connectivity index (χ3v) is 8.72. The largest absolute Gasteiger partial charge is 0.422 e. The maximum Gasteiger partial charge on any atom is 0.416 e. The van der Waals surface area contributed by atoms with Crippen LogP contribution < -0.4 is 10.9 Å². The fraction of sp³-hybridized carbons (Fsp3) is 0.357. The van der Waals surface area contributed by atoms with Crippen molar-refractivity contribution in [1.29, 1.82) is 0 Å². The zero-order chi connectivity index (χ0) is 27.5. The van der Waals surface area contributed by atoms with E-state index < -0.39 is 45.5 Å². The molecule has 1 heterocycles. The third kappa shape index (κ3) is 3.81. The highest BCUT2D eigenvalue weighted by Gasteiger charge is 2.71. The summed E-state index contributed by atoms with van der Waals surface area (Å²) in [6.45, 7) is 5.75. The number of hydrogen-bond acceptors (Lipinski definition) is 6. The second kappa shape index (κ2) is 8.54. The van der Waals surface area contributed by atoms with Gasteiger partial charge in [-0.1, -0.05) is 50.2 Å². The normalized spacial score (nSPS) is 25.1. The number of hydrogen-bond donors (Lipinski definition) is 1. The van der Waals surface area contributed by atoms with Crippen molar-refractivity contribution in [2.45, 2.75) is 46.2 Å². The number of para-hydroxylation sites is 1. The number of halogens is 3. The van der Waals surface area contributed by atoms with Crippen LogP contribution in [0.25, 0.3) is 11.0 Å². The highest BCUT2D eigenvalue weighted by molar-refractivity contribution is 6.06. The van der Waals surface area contributed by atoms with E-state index in [-0.39, 0.29) is 17.7 Å². The van der Waals surface area contributed by atoms with E-state index in [1.54, 1.807) is 24.3 Å². The first kappa shape index (κ1) is 25.7. The van der Waals surface area contributed by atoms with Gasteiger partial charge in [-0.15, -0.1) is 0 Å². The fourth-order valence-corrected chi connectivity index (χ4v) is 5.90. The van der Waals surface area contributed by atoms with Crippen LogP contribution >= 0.6 is 0 Å². The molecular weight excluding hydrogens is 501 g/mol. The standard InChI is InChI=1S/C28H25F3N2O5/c1-25(2)26(3)11-12-27(25,24(36)32-18-9-6-8-17(14-18)28(29,30)31)15-21(26)33-38-23(35)19-13-16-7-4-5-10-20(16)37-22(19)34/h4-10,13-14H,11-12,15H2,1-3H3,(H,32,36). The molecule has 10 heteroatoms. The quantitative estimate of drug-likeness (QED) is 0.249. The van der Waals surface area contributed by atoms with Crippen molar-refractivity contribution < 1.29 is 32.0 Å². The number of benzene rings is 2. The van der Waals surface area contributed by atoms with Crippen LogP contribution in [0.3, 0.4) is 0 Å². The minimum absolute atomic E-state index is 0.0449. The van der Waals surface area contributed by atoms with Gasteiger partial charge in [-0.2, -0.15) is 13.2 Å². The molecule has 2 aliphatic carbocycles. The first-order valence-corrected chi connectivity index (χ1v) is 12.1. The van der Waals surface area contributed by atoms with Crippen molar-refractivity contribution in [3.8, 4) is 0 Å². The van der Waals surface area contributed by atoms with Gasteiger partial charge >= 0.3 is 17.8 Å². The van der Waals surface area contributed by atoms with Crippen molar-refractivity contribution in [2.75, 3.05) is 5.32 Å². The number of fused-ring (bicyclic) bond motifs is 3. The van der Waals surface area contributed by atoms with E-state index in [4.69, 9.17) is 9.25 Å². The lowest BCUT2D eigenvalue weighted by Crippen LogP contribution is -2.43. The first-order valence-electron chi connectivity index (χ1n) is 12.1. The van der Waals surface area contributed by atoms with Crippen molar-refractivity contribution in [2.24, 2.45) is 21.4 Å². The maximum atomic E-state index is 13.6. The minimum atomic E-state index is -4.54. The summed E-state index contributed by atoms with van der Waals surface area (Å²) in [5.74, 6) is -1.40. The second-order valence-corrected chi connectivity index (χ2v) is 10.7. The van der Waals surface area contributed by atoms with Gasteiger partial charge < -0.3 is 14.6 Å². The fourth-order valence-electron chi connectivity index (χ4n) is 5.90. The molecule has 2 unspecified atom stereocenters. The number of nitrogens with one attached hydrogen (secondary N) is 1. The van der Waals surface area contributed by atoms with Crippen LogP contribution in [0.1, 0.15) is 56.0 Å². The Morgan fingerprint density at radius 1 is 1.03 bits per heavy atom. The van der Waals surface area contributed by atoms with Crippen LogP contribution in [0.5, 0.6) is 0 Å². The number of amides is 1. The minimum Gasteiger partial charge on any atom is -0.422 e. The van der Waals surface area contributed by atoms with Crippen LogP contribution in [-0.2, 0) is 15.8 Å². The van der Waals surface area contributed by atoms with E-state index in [1.807, 2.05) is 20.8 Å². The van der Waals surface area contributed by atoms with E-state index in [0.717, 1.165) is 12.1 Å². The molecule has 2 fully saturated rings. The molecular formula is C28H25F3N2O5. The average Bonchev–Trinajstić information content (AvgIpc) is 3.17. The Labute approximate surface area is 215 Å². The van der Waals surface area contributed by atoms with Gasteiger partial charge in [0.15, 0.2) is 0 Å². The van der Waals surface area contributed by atoms with E-state index in [9.17, 15) is 27.6 Å². The van der Waals surface area contributed by atoms with Gasteiger partial charge in [0.1, 0.15) is 11.1 Å². The third-order valence-electron chi connectivity index (χ3n) is 8.72.